The summed E-state index contributed by atoms with van der Waals surface area (Å²) in [6, 6.07) is 11.2. The van der Waals surface area contributed by atoms with Crippen LogP contribution in [0.5, 0.6) is 0 Å². The first-order chi connectivity index (χ1) is 11.9. The van der Waals surface area contributed by atoms with Gasteiger partial charge in [0.05, 0.1) is 6.54 Å². The third-order valence-electron chi connectivity index (χ3n) is 4.10. The number of carbonyl (C=O) groups is 1. The molecule has 2 amide bonds. The second kappa shape index (κ2) is 9.12. The number of benzene rings is 2. The van der Waals surface area contributed by atoms with Gasteiger partial charge in [-0.3, -0.25) is 0 Å². The van der Waals surface area contributed by atoms with Gasteiger partial charge in [-0.1, -0.05) is 60.3 Å². The number of nitrogens with zero attached hydrogens (tertiary/aromatic N) is 1. The summed E-state index contributed by atoms with van der Waals surface area (Å²) in [6.45, 7) is 7.15. The summed E-state index contributed by atoms with van der Waals surface area (Å²) in [5.74, 6) is 0. The molecule has 2 aromatic carbocycles. The average molecular weight is 379 g/mol. The molecule has 0 saturated heterocycles. The van der Waals surface area contributed by atoms with E-state index in [0.29, 0.717) is 23.1 Å². The lowest BCUT2D eigenvalue weighted by atomic mass is 10.1. The smallest absolute Gasteiger partial charge is 0.320 e. The van der Waals surface area contributed by atoms with Crippen LogP contribution < -0.4 is 5.32 Å². The molecule has 0 radical (unpaired) electrons. The standard InChI is InChI=1S/C20H24Cl2N2O/c1-4-5-11-24(13-16-17(21)7-6-8-18(16)22)20(25)23-19-10-9-14(2)12-15(19)3/h6-10,12H,4-5,11,13H2,1-3H3,(H,23,25). The van der Waals surface area contributed by atoms with Crippen LogP contribution in [0.2, 0.25) is 10.0 Å². The lowest BCUT2D eigenvalue weighted by molar-refractivity contribution is 0.208. The predicted octanol–water partition coefficient (Wildman–Crippen LogP) is 6.44. The zero-order valence-corrected chi connectivity index (χ0v) is 16.4. The van der Waals surface area contributed by atoms with Crippen LogP contribution >= 0.6 is 23.2 Å². The molecule has 0 aliphatic carbocycles. The van der Waals surface area contributed by atoms with E-state index >= 15 is 0 Å². The van der Waals surface area contributed by atoms with Gasteiger partial charge in [-0.2, -0.15) is 0 Å². The maximum atomic E-state index is 12.8. The Morgan fingerprint density at radius 3 is 2.40 bits per heavy atom. The fraction of sp³-hybridized carbons (Fsp3) is 0.350. The van der Waals surface area contributed by atoms with E-state index in [4.69, 9.17) is 23.2 Å². The minimum atomic E-state index is -0.142. The van der Waals surface area contributed by atoms with Crippen LogP contribution in [0.1, 0.15) is 36.5 Å². The van der Waals surface area contributed by atoms with Crippen molar-refractivity contribution in [3.05, 3.63) is 63.1 Å². The summed E-state index contributed by atoms with van der Waals surface area (Å²) in [5.41, 5.74) is 3.81. The zero-order valence-electron chi connectivity index (χ0n) is 14.9. The van der Waals surface area contributed by atoms with Crippen LogP contribution in [-0.2, 0) is 6.54 Å². The Balaban J connectivity index is 2.19. The number of hydrogen-bond acceptors (Lipinski definition) is 1. The third-order valence-corrected chi connectivity index (χ3v) is 4.81. The first-order valence-electron chi connectivity index (χ1n) is 8.48. The summed E-state index contributed by atoms with van der Waals surface area (Å²) < 4.78 is 0. The van der Waals surface area contributed by atoms with Crippen molar-refractivity contribution in [3.63, 3.8) is 0 Å². The number of carbonyl (C=O) groups excluding carboxylic acids is 1. The molecule has 3 nitrogen and oxygen atoms in total. The van der Waals surface area contributed by atoms with E-state index in [1.54, 1.807) is 23.1 Å². The van der Waals surface area contributed by atoms with Crippen LogP contribution in [-0.4, -0.2) is 17.5 Å². The fourth-order valence-electron chi connectivity index (χ4n) is 2.62. The lowest BCUT2D eigenvalue weighted by Gasteiger charge is -2.24. The molecule has 0 fully saturated rings. The van der Waals surface area contributed by atoms with Crippen molar-refractivity contribution >= 4 is 34.9 Å². The molecule has 0 bridgehead atoms. The van der Waals surface area contributed by atoms with Gasteiger partial charge in [0.1, 0.15) is 0 Å². The highest BCUT2D eigenvalue weighted by atomic mass is 35.5. The monoisotopic (exact) mass is 378 g/mol. The highest BCUT2D eigenvalue weighted by Crippen LogP contribution is 2.26. The maximum absolute atomic E-state index is 12.8. The number of halogens is 2. The molecule has 0 atom stereocenters. The largest absolute Gasteiger partial charge is 0.322 e. The van der Waals surface area contributed by atoms with Crippen molar-refractivity contribution in [2.24, 2.45) is 0 Å². The van der Waals surface area contributed by atoms with E-state index in [1.165, 1.54) is 5.56 Å². The Labute approximate surface area is 159 Å². The normalized spacial score (nSPS) is 10.6. The van der Waals surface area contributed by atoms with Gasteiger partial charge in [-0.25, -0.2) is 4.79 Å². The van der Waals surface area contributed by atoms with Crippen molar-refractivity contribution < 1.29 is 4.79 Å². The van der Waals surface area contributed by atoms with Crippen LogP contribution in [0.3, 0.4) is 0 Å². The molecule has 0 aliphatic heterocycles. The Hall–Kier alpha value is -1.71. The zero-order chi connectivity index (χ0) is 18.4. The number of hydrogen-bond donors (Lipinski definition) is 1. The minimum absolute atomic E-state index is 0.142. The number of rotatable bonds is 6. The highest BCUT2D eigenvalue weighted by Gasteiger charge is 2.17. The van der Waals surface area contributed by atoms with Gasteiger partial charge in [0.25, 0.3) is 0 Å². The molecule has 134 valence electrons. The summed E-state index contributed by atoms with van der Waals surface area (Å²) in [4.78, 5) is 14.6. The van der Waals surface area contributed by atoms with Gasteiger partial charge < -0.3 is 10.2 Å². The van der Waals surface area contributed by atoms with Gasteiger partial charge in [-0.15, -0.1) is 0 Å². The van der Waals surface area contributed by atoms with Crippen LogP contribution in [0.4, 0.5) is 10.5 Å². The van der Waals surface area contributed by atoms with Crippen molar-refractivity contribution in [1.82, 2.24) is 4.90 Å². The molecular weight excluding hydrogens is 355 g/mol. The topological polar surface area (TPSA) is 32.3 Å². The Morgan fingerprint density at radius 1 is 1.12 bits per heavy atom. The Bertz CT molecular complexity index is 726. The molecule has 0 aromatic heterocycles. The first-order valence-corrected chi connectivity index (χ1v) is 9.24. The van der Waals surface area contributed by atoms with Crippen LogP contribution in [0.25, 0.3) is 0 Å². The van der Waals surface area contributed by atoms with Crippen molar-refractivity contribution in [2.45, 2.75) is 40.2 Å². The summed E-state index contributed by atoms with van der Waals surface area (Å²) in [5, 5.41) is 4.16. The summed E-state index contributed by atoms with van der Waals surface area (Å²) in [7, 11) is 0. The Morgan fingerprint density at radius 2 is 1.80 bits per heavy atom. The molecule has 0 saturated carbocycles. The second-order valence-electron chi connectivity index (χ2n) is 6.22. The molecule has 0 aliphatic rings. The van der Waals surface area contributed by atoms with Crippen LogP contribution in [0, 0.1) is 13.8 Å². The van der Waals surface area contributed by atoms with Crippen molar-refractivity contribution in [3.8, 4) is 0 Å². The molecule has 2 aromatic rings. The van der Waals surface area contributed by atoms with E-state index in [9.17, 15) is 4.79 Å². The van der Waals surface area contributed by atoms with Crippen molar-refractivity contribution in [1.29, 1.82) is 0 Å². The minimum Gasteiger partial charge on any atom is -0.320 e. The molecular formula is C20H24Cl2N2O. The quantitative estimate of drug-likeness (QED) is 0.615. The number of urea groups is 1. The van der Waals surface area contributed by atoms with Crippen LogP contribution in [0.15, 0.2) is 36.4 Å². The van der Waals surface area contributed by atoms with Gasteiger partial charge in [0, 0.05) is 27.8 Å². The third kappa shape index (κ3) is 5.38. The summed E-state index contributed by atoms with van der Waals surface area (Å²) in [6.07, 6.45) is 1.92. The number of nitrogens with one attached hydrogen (secondary N) is 1. The lowest BCUT2D eigenvalue weighted by Crippen LogP contribution is -2.35. The predicted molar refractivity (Wildman–Crippen MR) is 107 cm³/mol. The molecule has 0 heterocycles. The molecule has 5 heteroatoms. The number of unbranched alkanes of at least 4 members (excludes halogenated alkanes) is 1. The average Bonchev–Trinajstić information content (AvgIpc) is 2.56. The van der Waals surface area contributed by atoms with E-state index < -0.39 is 0 Å². The molecule has 2 rings (SSSR count). The molecule has 1 N–H and O–H groups in total. The van der Waals surface area contributed by atoms with Crippen molar-refractivity contribution in [2.75, 3.05) is 11.9 Å². The number of aryl methyl sites for hydroxylation is 2. The number of anilines is 1. The summed E-state index contributed by atoms with van der Waals surface area (Å²) >= 11 is 12.5. The van der Waals surface area contributed by atoms with Gasteiger partial charge in [0.15, 0.2) is 0 Å². The first kappa shape index (κ1) is 19.6. The number of amides is 2. The van der Waals surface area contributed by atoms with Gasteiger partial charge >= 0.3 is 6.03 Å². The molecule has 0 unspecified atom stereocenters. The Kier molecular flexibility index (Phi) is 7.15. The van der Waals surface area contributed by atoms with E-state index in [1.807, 2.05) is 26.0 Å². The highest BCUT2D eigenvalue weighted by molar-refractivity contribution is 6.36. The fourth-order valence-corrected chi connectivity index (χ4v) is 3.14. The molecule has 25 heavy (non-hydrogen) atoms. The maximum Gasteiger partial charge on any atom is 0.322 e. The SMILES string of the molecule is CCCCN(Cc1c(Cl)cccc1Cl)C(=O)Nc1ccc(C)cc1C. The van der Waals surface area contributed by atoms with Gasteiger partial charge in [-0.05, 0) is 44.0 Å². The van der Waals surface area contributed by atoms with Gasteiger partial charge in [0.2, 0.25) is 0 Å². The molecule has 0 spiro atoms. The van der Waals surface area contributed by atoms with E-state index in [2.05, 4.69) is 18.3 Å². The van der Waals surface area contributed by atoms with E-state index in [-0.39, 0.29) is 6.03 Å². The van der Waals surface area contributed by atoms with E-state index in [0.717, 1.165) is 29.7 Å². The second-order valence-corrected chi connectivity index (χ2v) is 7.04.